The van der Waals surface area contributed by atoms with Crippen LogP contribution in [0.1, 0.15) is 29.2 Å². The largest absolute Gasteiger partial charge is 0.486 e. The second-order valence-corrected chi connectivity index (χ2v) is 6.30. The minimum absolute atomic E-state index is 0.00428. The molecular weight excluding hydrogens is 332 g/mol. The smallest absolute Gasteiger partial charge is 0.374 e. The van der Waals surface area contributed by atoms with Crippen molar-refractivity contribution in [3.8, 4) is 5.75 Å². The second-order valence-electron chi connectivity index (χ2n) is 6.30. The fourth-order valence-corrected chi connectivity index (χ4v) is 2.99. The molecule has 1 aliphatic rings. The third kappa shape index (κ3) is 3.89. The van der Waals surface area contributed by atoms with Gasteiger partial charge in [-0.05, 0) is 47.9 Å². The van der Waals surface area contributed by atoms with Gasteiger partial charge in [0.15, 0.2) is 0 Å². The molecule has 134 valence electrons. The first-order chi connectivity index (χ1) is 12.8. The third-order valence-electron chi connectivity index (χ3n) is 4.39. The lowest BCUT2D eigenvalue weighted by Crippen LogP contribution is -2.17. The number of hydrogen-bond acceptors (Lipinski definition) is 5. The molecular formula is C21H20O5. The van der Waals surface area contributed by atoms with Gasteiger partial charge in [-0.1, -0.05) is 30.3 Å². The lowest BCUT2D eigenvalue weighted by atomic mass is 10.1. The first kappa shape index (κ1) is 16.7. The van der Waals surface area contributed by atoms with Crippen LogP contribution in [0.2, 0.25) is 0 Å². The van der Waals surface area contributed by atoms with Gasteiger partial charge in [0.2, 0.25) is 5.76 Å². The SMILES string of the molecule is O=C(OCC1CCCO1)c1ccc(COc2ccc3ccccc3c2)o1. The molecule has 0 aliphatic carbocycles. The topological polar surface area (TPSA) is 57.9 Å². The van der Waals surface area contributed by atoms with Crippen molar-refractivity contribution in [1.82, 2.24) is 0 Å². The van der Waals surface area contributed by atoms with Gasteiger partial charge in [0, 0.05) is 6.61 Å². The summed E-state index contributed by atoms with van der Waals surface area (Å²) in [5.41, 5.74) is 0. The van der Waals surface area contributed by atoms with Crippen LogP contribution in [0.25, 0.3) is 10.8 Å². The van der Waals surface area contributed by atoms with Gasteiger partial charge in [-0.2, -0.15) is 0 Å². The minimum atomic E-state index is -0.475. The Morgan fingerprint density at radius 1 is 1.08 bits per heavy atom. The van der Waals surface area contributed by atoms with Crippen LogP contribution in [0, 0.1) is 0 Å². The van der Waals surface area contributed by atoms with Crippen molar-refractivity contribution in [2.24, 2.45) is 0 Å². The summed E-state index contributed by atoms with van der Waals surface area (Å²) in [6, 6.07) is 17.3. The molecule has 0 bridgehead atoms. The van der Waals surface area contributed by atoms with Crippen LogP contribution in [0.3, 0.4) is 0 Å². The number of carbonyl (C=O) groups excluding carboxylic acids is 1. The molecule has 0 radical (unpaired) electrons. The van der Waals surface area contributed by atoms with Crippen molar-refractivity contribution in [1.29, 1.82) is 0 Å². The van der Waals surface area contributed by atoms with E-state index in [0.29, 0.717) is 5.76 Å². The van der Waals surface area contributed by atoms with E-state index in [1.54, 1.807) is 12.1 Å². The fraction of sp³-hybridized carbons (Fsp3) is 0.286. The molecule has 1 aromatic heterocycles. The summed E-state index contributed by atoms with van der Waals surface area (Å²) in [7, 11) is 0. The molecule has 1 fully saturated rings. The van der Waals surface area contributed by atoms with Gasteiger partial charge in [0.05, 0.1) is 6.10 Å². The maximum atomic E-state index is 12.0. The van der Waals surface area contributed by atoms with Gasteiger partial charge in [0.1, 0.15) is 24.7 Å². The summed E-state index contributed by atoms with van der Waals surface area (Å²) in [6.07, 6.45) is 1.94. The zero-order valence-electron chi connectivity index (χ0n) is 14.4. The number of hydrogen-bond donors (Lipinski definition) is 0. The third-order valence-corrected chi connectivity index (χ3v) is 4.39. The van der Waals surface area contributed by atoms with E-state index in [1.807, 2.05) is 36.4 Å². The highest BCUT2D eigenvalue weighted by molar-refractivity contribution is 5.86. The zero-order chi connectivity index (χ0) is 17.8. The van der Waals surface area contributed by atoms with Crippen LogP contribution in [-0.2, 0) is 16.1 Å². The van der Waals surface area contributed by atoms with Crippen molar-refractivity contribution in [3.05, 3.63) is 66.1 Å². The van der Waals surface area contributed by atoms with Crippen molar-refractivity contribution in [3.63, 3.8) is 0 Å². The van der Waals surface area contributed by atoms with Crippen LogP contribution < -0.4 is 4.74 Å². The molecule has 0 spiro atoms. The van der Waals surface area contributed by atoms with E-state index in [0.717, 1.165) is 36.0 Å². The Morgan fingerprint density at radius 3 is 2.81 bits per heavy atom. The quantitative estimate of drug-likeness (QED) is 0.617. The van der Waals surface area contributed by atoms with E-state index in [2.05, 4.69) is 6.07 Å². The maximum Gasteiger partial charge on any atom is 0.374 e. The summed E-state index contributed by atoms with van der Waals surface area (Å²) in [5.74, 6) is 1.03. The molecule has 1 aliphatic heterocycles. The lowest BCUT2D eigenvalue weighted by Gasteiger charge is -2.09. The Hall–Kier alpha value is -2.79. The van der Waals surface area contributed by atoms with Crippen LogP contribution in [-0.4, -0.2) is 25.3 Å². The van der Waals surface area contributed by atoms with Gasteiger partial charge < -0.3 is 18.6 Å². The standard InChI is InChI=1S/C21H20O5/c22-21(25-13-18-6-3-11-23-18)20-10-9-19(26-20)14-24-17-8-7-15-4-1-2-5-16(15)12-17/h1-2,4-5,7-10,12,18H,3,6,11,13-14H2. The summed E-state index contributed by atoms with van der Waals surface area (Å²) >= 11 is 0. The number of esters is 1. The van der Waals surface area contributed by atoms with Crippen LogP contribution in [0.15, 0.2) is 59.0 Å². The van der Waals surface area contributed by atoms with Crippen molar-refractivity contribution >= 4 is 16.7 Å². The molecule has 4 rings (SSSR count). The molecule has 26 heavy (non-hydrogen) atoms. The average Bonchev–Trinajstić information content (AvgIpc) is 3.36. The first-order valence-electron chi connectivity index (χ1n) is 8.77. The molecule has 5 nitrogen and oxygen atoms in total. The molecule has 5 heteroatoms. The molecule has 0 N–H and O–H groups in total. The van der Waals surface area contributed by atoms with Crippen LogP contribution in [0.5, 0.6) is 5.75 Å². The maximum absolute atomic E-state index is 12.0. The molecule has 1 atom stereocenters. The molecule has 2 heterocycles. The highest BCUT2D eigenvalue weighted by atomic mass is 16.6. The van der Waals surface area contributed by atoms with Crippen molar-refractivity contribution in [2.75, 3.05) is 13.2 Å². The number of carbonyl (C=O) groups is 1. The Morgan fingerprint density at radius 2 is 1.96 bits per heavy atom. The monoisotopic (exact) mass is 352 g/mol. The van der Waals surface area contributed by atoms with Gasteiger partial charge >= 0.3 is 5.97 Å². The number of ether oxygens (including phenoxy) is 3. The molecule has 2 aromatic carbocycles. The van der Waals surface area contributed by atoms with E-state index in [-0.39, 0.29) is 25.1 Å². The zero-order valence-corrected chi connectivity index (χ0v) is 14.4. The summed E-state index contributed by atoms with van der Waals surface area (Å²) in [4.78, 5) is 12.0. The predicted octanol–water partition coefficient (Wildman–Crippen LogP) is 4.35. The minimum Gasteiger partial charge on any atom is -0.486 e. The summed E-state index contributed by atoms with van der Waals surface area (Å²) in [6.45, 7) is 1.25. The van der Waals surface area contributed by atoms with Gasteiger partial charge in [-0.15, -0.1) is 0 Å². The number of benzene rings is 2. The van der Waals surface area contributed by atoms with Crippen molar-refractivity contribution < 1.29 is 23.4 Å². The van der Waals surface area contributed by atoms with Crippen LogP contribution in [0.4, 0.5) is 0 Å². The average molecular weight is 352 g/mol. The highest BCUT2D eigenvalue weighted by Crippen LogP contribution is 2.22. The van der Waals surface area contributed by atoms with E-state index in [4.69, 9.17) is 18.6 Å². The van der Waals surface area contributed by atoms with E-state index in [9.17, 15) is 4.79 Å². The molecule has 1 unspecified atom stereocenters. The lowest BCUT2D eigenvalue weighted by molar-refractivity contribution is 0.0134. The summed E-state index contributed by atoms with van der Waals surface area (Å²) < 4.78 is 22.0. The fourth-order valence-electron chi connectivity index (χ4n) is 2.99. The Labute approximate surface area is 151 Å². The number of rotatable bonds is 6. The Balaban J connectivity index is 1.33. The first-order valence-corrected chi connectivity index (χ1v) is 8.77. The molecule has 0 saturated carbocycles. The second kappa shape index (κ2) is 7.62. The predicted molar refractivity (Wildman–Crippen MR) is 96.2 cm³/mol. The number of furan rings is 1. The van der Waals surface area contributed by atoms with E-state index >= 15 is 0 Å². The Bertz CT molecular complexity index is 892. The Kier molecular flexibility index (Phi) is 4.88. The van der Waals surface area contributed by atoms with Crippen molar-refractivity contribution in [2.45, 2.75) is 25.6 Å². The number of fused-ring (bicyclic) bond motifs is 1. The highest BCUT2D eigenvalue weighted by Gasteiger charge is 2.19. The van der Waals surface area contributed by atoms with E-state index in [1.165, 1.54) is 0 Å². The van der Waals surface area contributed by atoms with Crippen LogP contribution >= 0.6 is 0 Å². The molecule has 1 saturated heterocycles. The van der Waals surface area contributed by atoms with Gasteiger partial charge in [-0.25, -0.2) is 4.79 Å². The normalized spacial score (nSPS) is 16.7. The molecule has 3 aromatic rings. The van der Waals surface area contributed by atoms with Gasteiger partial charge in [-0.3, -0.25) is 0 Å². The summed E-state index contributed by atoms with van der Waals surface area (Å²) in [5, 5.41) is 2.27. The molecule has 0 amide bonds. The van der Waals surface area contributed by atoms with E-state index < -0.39 is 5.97 Å². The van der Waals surface area contributed by atoms with Gasteiger partial charge in [0.25, 0.3) is 0 Å².